The molecule has 0 atom stereocenters. The zero-order chi connectivity index (χ0) is 21.0. The van der Waals surface area contributed by atoms with E-state index in [9.17, 15) is 0 Å². The maximum absolute atomic E-state index is 3.84. The molecular formula is C26H42N2. The predicted octanol–water partition coefficient (Wildman–Crippen LogP) is 6.39. The fraction of sp³-hybridized carbons (Fsp3) is 0.462. The molecule has 0 aromatic carbocycles. The van der Waals surface area contributed by atoms with Gasteiger partial charge in [0.15, 0.2) is 0 Å². The highest BCUT2D eigenvalue weighted by molar-refractivity contribution is 5.24. The van der Waals surface area contributed by atoms with Gasteiger partial charge in [-0.05, 0) is 59.2 Å². The summed E-state index contributed by atoms with van der Waals surface area (Å²) in [6.07, 6.45) is 24.8. The first-order valence-electron chi connectivity index (χ1n) is 10.6. The fourth-order valence-electron chi connectivity index (χ4n) is 2.60. The lowest BCUT2D eigenvalue weighted by Gasteiger charge is -2.23. The van der Waals surface area contributed by atoms with E-state index < -0.39 is 0 Å². The summed E-state index contributed by atoms with van der Waals surface area (Å²) in [6.45, 7) is 16.4. The van der Waals surface area contributed by atoms with Crippen LogP contribution < -0.4 is 5.32 Å². The summed E-state index contributed by atoms with van der Waals surface area (Å²) in [5.74, 6) is 0. The number of rotatable bonds is 15. The van der Waals surface area contributed by atoms with E-state index in [1.54, 1.807) is 0 Å². The standard InChI is InChI=1S/C26H42N2/c1-7-11-12-13-16-21-28(22-25(9-3)17-14-15-20-27-6)23-26(10-4)19-18-24(5)8-2/h7-9,11-14,17-19,27H,2,10,15-16,20-23H2,1,3-6H3/b11-7-,13-12-,17-14-,24-18-,25-9+,26-19+. The van der Waals surface area contributed by atoms with E-state index in [2.05, 4.69) is 92.3 Å². The van der Waals surface area contributed by atoms with Crippen LogP contribution in [0.1, 0.15) is 47.0 Å². The molecule has 1 N–H and O–H groups in total. The molecule has 0 unspecified atom stereocenters. The summed E-state index contributed by atoms with van der Waals surface area (Å²) >= 11 is 0. The molecule has 0 fully saturated rings. The molecule has 0 saturated carbocycles. The molecule has 0 spiro atoms. The van der Waals surface area contributed by atoms with Crippen molar-refractivity contribution in [1.82, 2.24) is 10.2 Å². The molecule has 0 heterocycles. The van der Waals surface area contributed by atoms with Crippen molar-refractivity contribution in [3.8, 4) is 0 Å². The molecular weight excluding hydrogens is 340 g/mol. The molecule has 0 rings (SSSR count). The number of nitrogens with one attached hydrogen (secondary N) is 1. The van der Waals surface area contributed by atoms with Crippen LogP contribution in [0.25, 0.3) is 0 Å². The highest BCUT2D eigenvalue weighted by atomic mass is 15.1. The van der Waals surface area contributed by atoms with Crippen LogP contribution in [0.2, 0.25) is 0 Å². The Kier molecular flexibility index (Phi) is 17.2. The average molecular weight is 383 g/mol. The monoisotopic (exact) mass is 382 g/mol. The second-order valence-corrected chi connectivity index (χ2v) is 6.90. The first kappa shape index (κ1) is 26.1. The summed E-state index contributed by atoms with van der Waals surface area (Å²) in [6, 6.07) is 0. The Balaban J connectivity index is 5.15. The summed E-state index contributed by atoms with van der Waals surface area (Å²) in [5.41, 5.74) is 4.03. The molecule has 0 bridgehead atoms. The van der Waals surface area contributed by atoms with Crippen molar-refractivity contribution >= 4 is 0 Å². The van der Waals surface area contributed by atoms with Crippen molar-refractivity contribution in [2.45, 2.75) is 47.0 Å². The van der Waals surface area contributed by atoms with E-state index in [0.717, 1.165) is 45.4 Å². The lowest BCUT2D eigenvalue weighted by Crippen LogP contribution is -2.29. The van der Waals surface area contributed by atoms with Crippen LogP contribution in [0.5, 0.6) is 0 Å². The van der Waals surface area contributed by atoms with Crippen molar-refractivity contribution in [2.75, 3.05) is 33.2 Å². The van der Waals surface area contributed by atoms with Gasteiger partial charge in [-0.25, -0.2) is 0 Å². The minimum absolute atomic E-state index is 0.978. The number of hydrogen-bond acceptors (Lipinski definition) is 2. The molecule has 0 aliphatic heterocycles. The van der Waals surface area contributed by atoms with Crippen molar-refractivity contribution < 1.29 is 0 Å². The lowest BCUT2D eigenvalue weighted by molar-refractivity contribution is 0.327. The predicted molar refractivity (Wildman–Crippen MR) is 129 cm³/mol. The van der Waals surface area contributed by atoms with Crippen LogP contribution >= 0.6 is 0 Å². The van der Waals surface area contributed by atoms with Crippen molar-refractivity contribution in [3.05, 3.63) is 84.1 Å². The molecule has 0 aliphatic rings. The Morgan fingerprint density at radius 3 is 2.43 bits per heavy atom. The second kappa shape index (κ2) is 18.5. The van der Waals surface area contributed by atoms with Gasteiger partial charge < -0.3 is 5.32 Å². The van der Waals surface area contributed by atoms with Gasteiger partial charge in [0.25, 0.3) is 0 Å². The van der Waals surface area contributed by atoms with Crippen LogP contribution in [0.15, 0.2) is 84.1 Å². The van der Waals surface area contributed by atoms with Crippen molar-refractivity contribution in [2.24, 2.45) is 0 Å². The molecule has 2 heteroatoms. The third-order valence-electron chi connectivity index (χ3n) is 4.51. The van der Waals surface area contributed by atoms with Gasteiger partial charge in [0, 0.05) is 19.6 Å². The van der Waals surface area contributed by atoms with E-state index in [1.807, 2.05) is 20.0 Å². The van der Waals surface area contributed by atoms with Crippen molar-refractivity contribution in [3.63, 3.8) is 0 Å². The second-order valence-electron chi connectivity index (χ2n) is 6.90. The Labute approximate surface area is 174 Å². The Bertz CT molecular complexity index is 586. The number of nitrogens with zero attached hydrogens (tertiary/aromatic N) is 1. The zero-order valence-electron chi connectivity index (χ0n) is 18.9. The fourth-order valence-corrected chi connectivity index (χ4v) is 2.60. The highest BCUT2D eigenvalue weighted by Crippen LogP contribution is 2.11. The van der Waals surface area contributed by atoms with Crippen LogP contribution in [-0.2, 0) is 0 Å². The molecule has 2 nitrogen and oxygen atoms in total. The van der Waals surface area contributed by atoms with Crippen LogP contribution in [0, 0.1) is 0 Å². The molecule has 0 radical (unpaired) electrons. The van der Waals surface area contributed by atoms with E-state index in [-0.39, 0.29) is 0 Å². The molecule has 0 aliphatic carbocycles. The molecule has 156 valence electrons. The largest absolute Gasteiger partial charge is 0.319 e. The van der Waals surface area contributed by atoms with Gasteiger partial charge >= 0.3 is 0 Å². The molecule has 0 aromatic rings. The Morgan fingerprint density at radius 2 is 1.82 bits per heavy atom. The quantitative estimate of drug-likeness (QED) is 0.261. The van der Waals surface area contributed by atoms with E-state index in [4.69, 9.17) is 0 Å². The van der Waals surface area contributed by atoms with E-state index in [1.165, 1.54) is 16.7 Å². The van der Waals surface area contributed by atoms with Gasteiger partial charge in [0.1, 0.15) is 0 Å². The Morgan fingerprint density at radius 1 is 1.04 bits per heavy atom. The topological polar surface area (TPSA) is 15.3 Å². The highest BCUT2D eigenvalue weighted by Gasteiger charge is 2.07. The van der Waals surface area contributed by atoms with Gasteiger partial charge in [-0.3, -0.25) is 4.90 Å². The summed E-state index contributed by atoms with van der Waals surface area (Å²) in [4.78, 5) is 2.55. The van der Waals surface area contributed by atoms with E-state index >= 15 is 0 Å². The summed E-state index contributed by atoms with van der Waals surface area (Å²) in [7, 11) is 1.99. The van der Waals surface area contributed by atoms with Crippen molar-refractivity contribution in [1.29, 1.82) is 0 Å². The first-order valence-corrected chi connectivity index (χ1v) is 10.6. The first-order chi connectivity index (χ1) is 13.6. The van der Waals surface area contributed by atoms with Gasteiger partial charge in [-0.1, -0.05) is 85.4 Å². The molecule has 0 aromatic heterocycles. The third-order valence-corrected chi connectivity index (χ3v) is 4.51. The SMILES string of the molecule is C=C/C(C)=C\C=C(/CC)CN(CC/C=C\C=C/C)CC(/C=C\CCNC)=C/C. The number of hydrogen-bond donors (Lipinski definition) is 1. The zero-order valence-corrected chi connectivity index (χ0v) is 18.9. The van der Waals surface area contributed by atoms with E-state index in [0.29, 0.717) is 0 Å². The van der Waals surface area contributed by atoms with Crippen LogP contribution in [0.3, 0.4) is 0 Å². The molecule has 0 amide bonds. The maximum Gasteiger partial charge on any atom is 0.0233 e. The summed E-state index contributed by atoms with van der Waals surface area (Å²) < 4.78 is 0. The van der Waals surface area contributed by atoms with Gasteiger partial charge in [0.2, 0.25) is 0 Å². The molecule has 28 heavy (non-hydrogen) atoms. The minimum Gasteiger partial charge on any atom is -0.319 e. The third kappa shape index (κ3) is 14.2. The maximum atomic E-state index is 3.84. The number of allylic oxidation sites excluding steroid dienone is 8. The normalized spacial score (nSPS) is 14.3. The smallest absolute Gasteiger partial charge is 0.0233 e. The average Bonchev–Trinajstić information content (AvgIpc) is 2.72. The van der Waals surface area contributed by atoms with Crippen LogP contribution in [0.4, 0.5) is 0 Å². The van der Waals surface area contributed by atoms with Gasteiger partial charge in [0.05, 0.1) is 0 Å². The van der Waals surface area contributed by atoms with Crippen LogP contribution in [-0.4, -0.2) is 38.1 Å². The Hall–Kier alpha value is -1.90. The summed E-state index contributed by atoms with van der Waals surface area (Å²) in [5, 5.41) is 3.19. The minimum atomic E-state index is 0.978. The van der Waals surface area contributed by atoms with Gasteiger partial charge in [-0.15, -0.1) is 0 Å². The molecule has 0 saturated heterocycles. The lowest BCUT2D eigenvalue weighted by atomic mass is 10.1. The van der Waals surface area contributed by atoms with Gasteiger partial charge in [-0.2, -0.15) is 0 Å².